The maximum atomic E-state index is 10.9. The molecule has 0 aliphatic carbocycles. The largest absolute Gasteiger partial charge is 0.463 e. The van der Waals surface area contributed by atoms with E-state index in [2.05, 4.69) is 18.4 Å². The number of esters is 1. The summed E-state index contributed by atoms with van der Waals surface area (Å²) in [6.07, 6.45) is 4.79. The second-order valence-corrected chi connectivity index (χ2v) is 3.02. The molecular formula is C13H16O2. The zero-order chi connectivity index (χ0) is 11.7. The van der Waals surface area contributed by atoms with Crippen molar-refractivity contribution >= 4 is 5.97 Å². The minimum atomic E-state index is -0.335. The topological polar surface area (TPSA) is 26.3 Å². The molecule has 0 aliphatic heterocycles. The first-order valence-electron chi connectivity index (χ1n) is 4.75. The Kier molecular flexibility index (Phi) is 6.74. The average Bonchev–Trinajstić information content (AvgIpc) is 2.14. The van der Waals surface area contributed by atoms with E-state index < -0.39 is 0 Å². The van der Waals surface area contributed by atoms with E-state index in [-0.39, 0.29) is 5.97 Å². The van der Waals surface area contributed by atoms with Crippen molar-refractivity contribution in [2.75, 3.05) is 6.61 Å². The summed E-state index contributed by atoms with van der Waals surface area (Å²) in [6, 6.07) is 0. The second-order valence-electron chi connectivity index (χ2n) is 3.02. The normalized spacial score (nSPS) is 10.7. The van der Waals surface area contributed by atoms with Crippen molar-refractivity contribution in [3.8, 4) is 11.8 Å². The van der Waals surface area contributed by atoms with E-state index in [0.29, 0.717) is 6.61 Å². The van der Waals surface area contributed by atoms with Crippen LogP contribution < -0.4 is 0 Å². The molecule has 0 N–H and O–H groups in total. The van der Waals surface area contributed by atoms with E-state index in [1.54, 1.807) is 19.1 Å². The highest BCUT2D eigenvalue weighted by Crippen LogP contribution is 1.95. The van der Waals surface area contributed by atoms with Gasteiger partial charge in [0.15, 0.2) is 0 Å². The van der Waals surface area contributed by atoms with Crippen LogP contribution in [0.25, 0.3) is 0 Å². The maximum Gasteiger partial charge on any atom is 0.330 e. The van der Waals surface area contributed by atoms with Crippen LogP contribution in [0.15, 0.2) is 36.0 Å². The summed E-state index contributed by atoms with van der Waals surface area (Å²) < 4.78 is 4.73. The van der Waals surface area contributed by atoms with Crippen LogP contribution in [-0.4, -0.2) is 12.6 Å². The molecule has 80 valence electrons. The number of carbonyl (C=O) groups is 1. The first-order valence-corrected chi connectivity index (χ1v) is 4.75. The van der Waals surface area contributed by atoms with E-state index in [1.807, 2.05) is 13.8 Å². The first kappa shape index (κ1) is 13.2. The lowest BCUT2D eigenvalue weighted by atomic mass is 10.2. The van der Waals surface area contributed by atoms with Gasteiger partial charge in [0.1, 0.15) is 0 Å². The minimum absolute atomic E-state index is 0.335. The van der Waals surface area contributed by atoms with Crippen LogP contribution in [-0.2, 0) is 9.53 Å². The van der Waals surface area contributed by atoms with Crippen molar-refractivity contribution in [2.24, 2.45) is 0 Å². The summed E-state index contributed by atoms with van der Waals surface area (Å²) in [5.74, 6) is 5.31. The molecule has 0 aromatic carbocycles. The zero-order valence-electron chi connectivity index (χ0n) is 9.46. The summed E-state index contributed by atoms with van der Waals surface area (Å²) in [4.78, 5) is 10.9. The second kappa shape index (κ2) is 7.64. The fourth-order valence-electron chi connectivity index (χ4n) is 0.711. The van der Waals surface area contributed by atoms with Crippen molar-refractivity contribution in [3.63, 3.8) is 0 Å². The van der Waals surface area contributed by atoms with Gasteiger partial charge in [-0.2, -0.15) is 0 Å². The molecule has 0 saturated heterocycles. The maximum absolute atomic E-state index is 10.9. The molecule has 0 radical (unpaired) electrons. The van der Waals surface area contributed by atoms with Gasteiger partial charge >= 0.3 is 5.97 Å². The number of carbonyl (C=O) groups excluding carboxylic acids is 1. The lowest BCUT2D eigenvalue weighted by molar-refractivity contribution is -0.137. The average molecular weight is 204 g/mol. The van der Waals surface area contributed by atoms with Crippen LogP contribution in [0.1, 0.15) is 20.8 Å². The third-order valence-electron chi connectivity index (χ3n) is 1.35. The molecule has 0 heterocycles. The monoisotopic (exact) mass is 204 g/mol. The number of rotatable bonds is 3. The molecule has 0 aliphatic rings. The predicted molar refractivity (Wildman–Crippen MR) is 62.1 cm³/mol. The molecule has 15 heavy (non-hydrogen) atoms. The van der Waals surface area contributed by atoms with Gasteiger partial charge in [-0.15, -0.1) is 0 Å². The highest BCUT2D eigenvalue weighted by molar-refractivity contribution is 5.82. The van der Waals surface area contributed by atoms with Gasteiger partial charge in [-0.05, 0) is 38.0 Å². The van der Waals surface area contributed by atoms with Crippen molar-refractivity contribution in [1.29, 1.82) is 0 Å². The Balaban J connectivity index is 4.25. The standard InChI is InChI=1S/C13H16O2/c1-5-15-13(14)10-9-12(4)8-6-7-11(2)3/h8-10H,2,5H2,1,3-4H3. The van der Waals surface area contributed by atoms with Gasteiger partial charge in [0.2, 0.25) is 0 Å². The molecule has 0 rings (SSSR count). The summed E-state index contributed by atoms with van der Waals surface area (Å²) in [6.45, 7) is 9.52. The zero-order valence-corrected chi connectivity index (χ0v) is 9.46. The molecule has 0 amide bonds. The SMILES string of the molecule is C=C(C)C#CC=C(C)C=CC(=O)OCC. The van der Waals surface area contributed by atoms with Crippen LogP contribution in [0.4, 0.5) is 0 Å². The van der Waals surface area contributed by atoms with E-state index >= 15 is 0 Å². The molecule has 0 atom stereocenters. The van der Waals surface area contributed by atoms with Crippen molar-refractivity contribution in [2.45, 2.75) is 20.8 Å². The molecule has 0 bridgehead atoms. The molecule has 2 nitrogen and oxygen atoms in total. The van der Waals surface area contributed by atoms with Crippen LogP contribution in [0.5, 0.6) is 0 Å². The minimum Gasteiger partial charge on any atom is -0.463 e. The lowest BCUT2D eigenvalue weighted by Gasteiger charge is -1.93. The number of allylic oxidation sites excluding steroid dienone is 4. The Morgan fingerprint density at radius 3 is 2.60 bits per heavy atom. The van der Waals surface area contributed by atoms with E-state index in [1.165, 1.54) is 6.08 Å². The van der Waals surface area contributed by atoms with Gasteiger partial charge in [-0.1, -0.05) is 24.5 Å². The van der Waals surface area contributed by atoms with Crippen LogP contribution in [0.2, 0.25) is 0 Å². The van der Waals surface area contributed by atoms with Crippen molar-refractivity contribution in [1.82, 2.24) is 0 Å². The molecular weight excluding hydrogens is 188 g/mol. The van der Waals surface area contributed by atoms with Crippen LogP contribution >= 0.6 is 0 Å². The summed E-state index contributed by atoms with van der Waals surface area (Å²) >= 11 is 0. The molecule has 0 saturated carbocycles. The Morgan fingerprint density at radius 2 is 2.07 bits per heavy atom. The van der Waals surface area contributed by atoms with Gasteiger partial charge in [-0.3, -0.25) is 0 Å². The van der Waals surface area contributed by atoms with E-state index in [9.17, 15) is 4.79 Å². The molecule has 0 aromatic heterocycles. The molecule has 0 aromatic rings. The van der Waals surface area contributed by atoms with E-state index in [0.717, 1.165) is 11.1 Å². The number of ether oxygens (including phenoxy) is 1. The van der Waals surface area contributed by atoms with Gasteiger partial charge < -0.3 is 4.74 Å². The molecule has 0 fully saturated rings. The smallest absolute Gasteiger partial charge is 0.330 e. The third kappa shape index (κ3) is 8.58. The fraction of sp³-hybridized carbons (Fsp3) is 0.308. The number of hydrogen-bond acceptors (Lipinski definition) is 2. The molecule has 0 spiro atoms. The third-order valence-corrected chi connectivity index (χ3v) is 1.35. The summed E-state index contributed by atoms with van der Waals surface area (Å²) in [7, 11) is 0. The molecule has 0 unspecified atom stereocenters. The Bertz CT molecular complexity index is 348. The van der Waals surface area contributed by atoms with Crippen LogP contribution in [0.3, 0.4) is 0 Å². The van der Waals surface area contributed by atoms with Gasteiger partial charge in [0.05, 0.1) is 6.61 Å². The van der Waals surface area contributed by atoms with E-state index in [4.69, 9.17) is 4.74 Å². The Labute approximate surface area is 91.3 Å². The fourth-order valence-corrected chi connectivity index (χ4v) is 0.711. The molecule has 2 heteroatoms. The number of hydrogen-bond donors (Lipinski definition) is 0. The highest BCUT2D eigenvalue weighted by Gasteiger charge is 1.91. The summed E-state index contributed by atoms with van der Waals surface area (Å²) in [5, 5.41) is 0. The van der Waals surface area contributed by atoms with Crippen molar-refractivity contribution in [3.05, 3.63) is 36.0 Å². The summed E-state index contributed by atoms with van der Waals surface area (Å²) in [5.41, 5.74) is 1.71. The lowest BCUT2D eigenvalue weighted by Crippen LogP contribution is -1.98. The predicted octanol–water partition coefficient (Wildman–Crippen LogP) is 2.63. The quantitative estimate of drug-likeness (QED) is 0.306. The van der Waals surface area contributed by atoms with Gasteiger partial charge in [0, 0.05) is 6.08 Å². The van der Waals surface area contributed by atoms with Gasteiger partial charge in [-0.25, -0.2) is 4.79 Å². The Hall–Kier alpha value is -1.75. The highest BCUT2D eigenvalue weighted by atomic mass is 16.5. The Morgan fingerprint density at radius 1 is 1.40 bits per heavy atom. The first-order chi connectivity index (χ1) is 7.06. The van der Waals surface area contributed by atoms with Gasteiger partial charge in [0.25, 0.3) is 0 Å². The van der Waals surface area contributed by atoms with Crippen LogP contribution in [0, 0.1) is 11.8 Å². The van der Waals surface area contributed by atoms with Crippen molar-refractivity contribution < 1.29 is 9.53 Å².